The highest BCUT2D eigenvalue weighted by molar-refractivity contribution is 7.13. The minimum absolute atomic E-state index is 0.201. The minimum Gasteiger partial charge on any atom is -0.494 e. The van der Waals surface area contributed by atoms with Crippen LogP contribution in [0.3, 0.4) is 0 Å². The molecule has 1 N–H and O–H groups in total. The molecule has 0 heterocycles. The lowest BCUT2D eigenvalue weighted by Crippen LogP contribution is -2.21. The van der Waals surface area contributed by atoms with E-state index in [9.17, 15) is 0 Å². The molecule has 0 aliphatic heterocycles. The van der Waals surface area contributed by atoms with Crippen molar-refractivity contribution in [3.05, 3.63) is 12.3 Å². The second kappa shape index (κ2) is 4.70. The predicted octanol–water partition coefficient (Wildman–Crippen LogP) is 1.69. The number of rotatable bonds is 4. The van der Waals surface area contributed by atoms with Crippen LogP contribution in [0, 0.1) is 0 Å². The zero-order valence-electron chi connectivity index (χ0n) is 6.85. The maximum absolute atomic E-state index is 5.33. The van der Waals surface area contributed by atoms with E-state index in [4.69, 9.17) is 4.74 Å². The lowest BCUT2D eigenvalue weighted by molar-refractivity contribution is 0.135. The average Bonchev–Trinajstić information content (AvgIpc) is 1.85. The molecule has 3 heteroatoms. The fourth-order valence-corrected chi connectivity index (χ4v) is 0.684. The average molecular weight is 161 g/mol. The Kier molecular flexibility index (Phi) is 4.67. The van der Waals surface area contributed by atoms with Gasteiger partial charge in [0, 0.05) is 0 Å². The molecule has 2 nitrogen and oxygen atoms in total. The molecule has 0 aromatic rings. The predicted molar refractivity (Wildman–Crippen MR) is 47.7 cm³/mol. The van der Waals surface area contributed by atoms with Crippen LogP contribution in [-0.2, 0) is 4.74 Å². The summed E-state index contributed by atoms with van der Waals surface area (Å²) in [4.78, 5) is 0. The highest BCUT2D eigenvalue weighted by atomic mass is 31.0. The Morgan fingerprint density at radius 2 is 2.00 bits per heavy atom. The number of ether oxygens (including phenoxy) is 1. The van der Waals surface area contributed by atoms with Crippen molar-refractivity contribution in [2.24, 2.45) is 0 Å². The first-order valence-electron chi connectivity index (χ1n) is 3.39. The molecule has 0 aliphatic rings. The lowest BCUT2D eigenvalue weighted by atomic mass is 10.3. The van der Waals surface area contributed by atoms with Crippen molar-refractivity contribution in [3.8, 4) is 0 Å². The summed E-state index contributed by atoms with van der Waals surface area (Å²) in [7, 11) is 2.43. The van der Waals surface area contributed by atoms with E-state index in [0.717, 1.165) is 5.76 Å². The van der Waals surface area contributed by atoms with E-state index < -0.39 is 0 Å². The molecule has 0 aromatic heterocycles. The van der Waals surface area contributed by atoms with Crippen LogP contribution in [0.5, 0.6) is 0 Å². The molecule has 0 saturated heterocycles. The first-order valence-corrected chi connectivity index (χ1v) is 3.97. The third-order valence-electron chi connectivity index (χ3n) is 1.12. The van der Waals surface area contributed by atoms with Gasteiger partial charge in [0.15, 0.2) is 0 Å². The lowest BCUT2D eigenvalue weighted by Gasteiger charge is -2.17. The highest BCUT2D eigenvalue weighted by Gasteiger charge is 2.05. The molecule has 0 spiro atoms. The van der Waals surface area contributed by atoms with Crippen LogP contribution in [0.1, 0.15) is 20.8 Å². The fraction of sp³-hybridized carbons (Fsp3) is 0.714. The van der Waals surface area contributed by atoms with E-state index in [1.165, 1.54) is 0 Å². The van der Waals surface area contributed by atoms with Crippen molar-refractivity contribution in [1.29, 1.82) is 0 Å². The zero-order chi connectivity index (χ0) is 8.15. The summed E-state index contributed by atoms with van der Waals surface area (Å²) in [6.07, 6.45) is 0.216. The number of nitrogens with one attached hydrogen (secondary N) is 1. The van der Waals surface area contributed by atoms with Gasteiger partial charge in [0.2, 0.25) is 0 Å². The van der Waals surface area contributed by atoms with Crippen LogP contribution in [0.4, 0.5) is 0 Å². The van der Waals surface area contributed by atoms with E-state index in [0.29, 0.717) is 0 Å². The number of hydrogen-bond donors (Lipinski definition) is 1. The van der Waals surface area contributed by atoms with Crippen molar-refractivity contribution in [1.82, 2.24) is 5.09 Å². The van der Waals surface area contributed by atoms with Gasteiger partial charge in [-0.2, -0.15) is 0 Å². The Morgan fingerprint density at radius 1 is 1.50 bits per heavy atom. The van der Waals surface area contributed by atoms with Crippen LogP contribution >= 0.6 is 9.39 Å². The summed E-state index contributed by atoms with van der Waals surface area (Å²) in [6, 6.07) is 0.201. The van der Waals surface area contributed by atoms with Crippen LogP contribution in [0.25, 0.3) is 0 Å². The van der Waals surface area contributed by atoms with Crippen molar-refractivity contribution in [2.75, 3.05) is 0 Å². The van der Waals surface area contributed by atoms with Gasteiger partial charge in [-0.05, 0) is 20.8 Å². The van der Waals surface area contributed by atoms with Crippen LogP contribution < -0.4 is 5.09 Å². The summed E-state index contributed by atoms with van der Waals surface area (Å²) < 4.78 is 5.33. The molecule has 0 aliphatic carbocycles. The Hall–Kier alpha value is -0.0700. The molecule has 0 rings (SSSR count). The van der Waals surface area contributed by atoms with Gasteiger partial charge < -0.3 is 4.74 Å². The maximum Gasteiger partial charge on any atom is 0.106 e. The Balaban J connectivity index is 3.62. The fourth-order valence-electron chi connectivity index (χ4n) is 0.498. The van der Waals surface area contributed by atoms with Crippen LogP contribution in [0.15, 0.2) is 12.3 Å². The molecule has 2 atom stereocenters. The third kappa shape index (κ3) is 3.86. The van der Waals surface area contributed by atoms with E-state index in [-0.39, 0.29) is 12.1 Å². The second-order valence-electron chi connectivity index (χ2n) is 2.52. The summed E-state index contributed by atoms with van der Waals surface area (Å²) in [5.74, 6) is 0.782. The first kappa shape index (κ1) is 9.93. The largest absolute Gasteiger partial charge is 0.494 e. The summed E-state index contributed by atoms with van der Waals surface area (Å²) >= 11 is 0. The SMILES string of the molecule is C=C(OC(C)C)[C@H](C)NP. The standard InChI is InChI=1S/C7H16NOP/c1-5(2)9-7(4)6(3)8-10/h5-6,8H,4,10H2,1-3H3/t6-/m0/s1. The van der Waals surface area contributed by atoms with Gasteiger partial charge in [0.1, 0.15) is 5.76 Å². The number of hydrogen-bond acceptors (Lipinski definition) is 2. The summed E-state index contributed by atoms with van der Waals surface area (Å²) in [5.41, 5.74) is 0. The smallest absolute Gasteiger partial charge is 0.106 e. The van der Waals surface area contributed by atoms with E-state index >= 15 is 0 Å². The molecule has 0 saturated carbocycles. The van der Waals surface area contributed by atoms with E-state index in [1.807, 2.05) is 20.8 Å². The molecular weight excluding hydrogens is 145 g/mol. The Bertz CT molecular complexity index is 114. The summed E-state index contributed by atoms with van der Waals surface area (Å²) in [5, 5.41) is 2.96. The van der Waals surface area contributed by atoms with E-state index in [1.54, 1.807) is 0 Å². The molecule has 1 unspecified atom stereocenters. The second-order valence-corrected chi connectivity index (χ2v) is 2.85. The van der Waals surface area contributed by atoms with Gasteiger partial charge in [-0.25, -0.2) is 0 Å². The maximum atomic E-state index is 5.33. The highest BCUT2D eigenvalue weighted by Crippen LogP contribution is 2.05. The van der Waals surface area contributed by atoms with Crippen molar-refractivity contribution < 1.29 is 4.74 Å². The zero-order valence-corrected chi connectivity index (χ0v) is 8.00. The molecule has 0 fully saturated rings. The molecular formula is C7H16NOP. The third-order valence-corrected chi connectivity index (χ3v) is 1.62. The molecule has 0 amide bonds. The first-order chi connectivity index (χ1) is 4.57. The molecule has 0 aromatic carbocycles. The van der Waals surface area contributed by atoms with Crippen molar-refractivity contribution in [2.45, 2.75) is 32.9 Å². The quantitative estimate of drug-likeness (QED) is 0.500. The van der Waals surface area contributed by atoms with Gasteiger partial charge in [0.05, 0.1) is 12.1 Å². The Morgan fingerprint density at radius 3 is 2.30 bits per heavy atom. The topological polar surface area (TPSA) is 21.3 Å². The van der Waals surface area contributed by atoms with Crippen molar-refractivity contribution in [3.63, 3.8) is 0 Å². The van der Waals surface area contributed by atoms with Crippen LogP contribution in [-0.4, -0.2) is 12.1 Å². The molecule has 0 radical (unpaired) electrons. The normalized spacial score (nSPS) is 13.3. The summed E-state index contributed by atoms with van der Waals surface area (Å²) in [6.45, 7) is 9.74. The Labute approximate surface area is 65.3 Å². The van der Waals surface area contributed by atoms with Crippen molar-refractivity contribution >= 4 is 9.39 Å². The molecule has 10 heavy (non-hydrogen) atoms. The van der Waals surface area contributed by atoms with Gasteiger partial charge in [0.25, 0.3) is 0 Å². The van der Waals surface area contributed by atoms with Gasteiger partial charge >= 0.3 is 0 Å². The van der Waals surface area contributed by atoms with Gasteiger partial charge in [-0.15, -0.1) is 0 Å². The van der Waals surface area contributed by atoms with Gasteiger partial charge in [-0.1, -0.05) is 16.0 Å². The molecule has 0 bridgehead atoms. The van der Waals surface area contributed by atoms with Crippen LogP contribution in [0.2, 0.25) is 0 Å². The molecule has 60 valence electrons. The monoisotopic (exact) mass is 161 g/mol. The minimum atomic E-state index is 0.201. The van der Waals surface area contributed by atoms with E-state index in [2.05, 4.69) is 21.1 Å². The van der Waals surface area contributed by atoms with Gasteiger partial charge in [-0.3, -0.25) is 5.09 Å².